The van der Waals surface area contributed by atoms with E-state index in [1.54, 1.807) is 0 Å². The molecule has 2 nitrogen and oxygen atoms in total. The Kier molecular flexibility index (Phi) is 5.76. The van der Waals surface area contributed by atoms with Crippen molar-refractivity contribution >= 4 is 11.6 Å². The maximum absolute atomic E-state index is 12.5. The zero-order valence-corrected chi connectivity index (χ0v) is 13.7. The molecule has 0 fully saturated rings. The summed E-state index contributed by atoms with van der Waals surface area (Å²) in [4.78, 5) is 12.5. The van der Waals surface area contributed by atoms with Crippen molar-refractivity contribution in [2.45, 2.75) is 39.5 Å². The van der Waals surface area contributed by atoms with E-state index in [1.807, 2.05) is 30.3 Å². The number of anilines is 1. The van der Waals surface area contributed by atoms with Crippen LogP contribution in [0, 0.1) is 5.92 Å². The van der Waals surface area contributed by atoms with Crippen molar-refractivity contribution in [3.05, 3.63) is 65.7 Å². The molecule has 0 heterocycles. The summed E-state index contributed by atoms with van der Waals surface area (Å²) in [6, 6.07) is 18.3. The van der Waals surface area contributed by atoms with Gasteiger partial charge >= 0.3 is 0 Å². The monoisotopic (exact) mass is 295 g/mol. The Morgan fingerprint density at radius 1 is 1.05 bits per heavy atom. The van der Waals surface area contributed by atoms with E-state index in [4.69, 9.17) is 0 Å². The van der Waals surface area contributed by atoms with Gasteiger partial charge in [-0.2, -0.15) is 0 Å². The summed E-state index contributed by atoms with van der Waals surface area (Å²) in [6.07, 6.45) is 1.62. The van der Waals surface area contributed by atoms with Gasteiger partial charge in [0.2, 0.25) is 5.91 Å². The van der Waals surface area contributed by atoms with Crippen LogP contribution in [0.2, 0.25) is 0 Å². The zero-order chi connectivity index (χ0) is 15.9. The van der Waals surface area contributed by atoms with Gasteiger partial charge in [0.05, 0.1) is 0 Å². The van der Waals surface area contributed by atoms with Crippen LogP contribution in [-0.2, 0) is 11.2 Å². The Morgan fingerprint density at radius 2 is 1.77 bits per heavy atom. The van der Waals surface area contributed by atoms with Crippen molar-refractivity contribution in [1.29, 1.82) is 0 Å². The molecule has 1 amide bonds. The second-order valence-corrected chi connectivity index (χ2v) is 6.06. The molecule has 1 unspecified atom stereocenters. The largest absolute Gasteiger partial charge is 0.326 e. The normalized spacial score (nSPS) is 12.2. The molecule has 0 spiro atoms. The van der Waals surface area contributed by atoms with E-state index in [2.05, 4.69) is 50.4 Å². The molecule has 1 N–H and O–H groups in total. The van der Waals surface area contributed by atoms with Crippen LogP contribution >= 0.6 is 0 Å². The number of nitrogens with one attached hydrogen (secondary N) is 1. The molecule has 2 aromatic carbocycles. The standard InChI is InChI=1S/C20H25NO/c1-4-17(13-16-9-6-5-7-10-16)20(22)21-19-12-8-11-18(14-19)15(2)3/h5-12,14-15,17H,4,13H2,1-3H3,(H,21,22). The van der Waals surface area contributed by atoms with Gasteiger partial charge in [-0.25, -0.2) is 0 Å². The van der Waals surface area contributed by atoms with Crippen LogP contribution in [0.5, 0.6) is 0 Å². The van der Waals surface area contributed by atoms with E-state index in [-0.39, 0.29) is 11.8 Å². The molecule has 0 radical (unpaired) electrons. The van der Waals surface area contributed by atoms with Gasteiger partial charge in [-0.1, -0.05) is 63.2 Å². The Hall–Kier alpha value is -2.09. The minimum atomic E-state index is 0.00473. The first-order valence-corrected chi connectivity index (χ1v) is 8.05. The quantitative estimate of drug-likeness (QED) is 0.796. The van der Waals surface area contributed by atoms with Crippen LogP contribution in [0.25, 0.3) is 0 Å². The zero-order valence-electron chi connectivity index (χ0n) is 13.7. The summed E-state index contributed by atoms with van der Waals surface area (Å²) in [5, 5.41) is 3.07. The first-order valence-electron chi connectivity index (χ1n) is 8.05. The lowest BCUT2D eigenvalue weighted by Crippen LogP contribution is -2.24. The fourth-order valence-electron chi connectivity index (χ4n) is 2.54. The summed E-state index contributed by atoms with van der Waals surface area (Å²) in [6.45, 7) is 6.38. The van der Waals surface area contributed by atoms with E-state index >= 15 is 0 Å². The molecule has 2 rings (SSSR count). The number of hydrogen-bond acceptors (Lipinski definition) is 1. The van der Waals surface area contributed by atoms with Crippen molar-refractivity contribution in [2.75, 3.05) is 5.32 Å². The second kappa shape index (κ2) is 7.79. The van der Waals surface area contributed by atoms with Crippen molar-refractivity contribution in [1.82, 2.24) is 0 Å². The van der Waals surface area contributed by atoms with Gasteiger partial charge in [0.15, 0.2) is 0 Å². The summed E-state index contributed by atoms with van der Waals surface area (Å²) >= 11 is 0. The van der Waals surface area contributed by atoms with Gasteiger partial charge in [-0.15, -0.1) is 0 Å². The minimum Gasteiger partial charge on any atom is -0.326 e. The SMILES string of the molecule is CCC(Cc1ccccc1)C(=O)Nc1cccc(C(C)C)c1. The summed E-state index contributed by atoms with van der Waals surface area (Å²) < 4.78 is 0. The Balaban J connectivity index is 2.04. The molecule has 2 heteroatoms. The Labute approximate surface area is 133 Å². The average Bonchev–Trinajstić information content (AvgIpc) is 2.53. The molecule has 0 aromatic heterocycles. The molecule has 0 aliphatic rings. The van der Waals surface area contributed by atoms with Gasteiger partial charge in [-0.3, -0.25) is 4.79 Å². The fourth-order valence-corrected chi connectivity index (χ4v) is 2.54. The van der Waals surface area contributed by atoms with Crippen LogP contribution < -0.4 is 5.32 Å². The lowest BCUT2D eigenvalue weighted by atomic mass is 9.96. The maximum Gasteiger partial charge on any atom is 0.227 e. The lowest BCUT2D eigenvalue weighted by molar-refractivity contribution is -0.119. The number of amides is 1. The highest BCUT2D eigenvalue weighted by molar-refractivity contribution is 5.92. The first-order chi connectivity index (χ1) is 10.6. The van der Waals surface area contributed by atoms with Crippen LogP contribution in [0.15, 0.2) is 54.6 Å². The Morgan fingerprint density at radius 3 is 2.41 bits per heavy atom. The van der Waals surface area contributed by atoms with E-state index in [0.717, 1.165) is 18.5 Å². The lowest BCUT2D eigenvalue weighted by Gasteiger charge is -2.16. The van der Waals surface area contributed by atoms with Gasteiger partial charge in [0.25, 0.3) is 0 Å². The van der Waals surface area contributed by atoms with Gasteiger partial charge in [0.1, 0.15) is 0 Å². The summed E-state index contributed by atoms with van der Waals surface area (Å²) in [5.74, 6) is 0.570. The van der Waals surface area contributed by atoms with Gasteiger partial charge in [-0.05, 0) is 42.0 Å². The van der Waals surface area contributed by atoms with Crippen molar-refractivity contribution in [2.24, 2.45) is 5.92 Å². The van der Waals surface area contributed by atoms with E-state index in [9.17, 15) is 4.79 Å². The topological polar surface area (TPSA) is 29.1 Å². The van der Waals surface area contributed by atoms with Crippen molar-refractivity contribution < 1.29 is 4.79 Å². The fraction of sp³-hybridized carbons (Fsp3) is 0.350. The molecule has 116 valence electrons. The number of carbonyl (C=O) groups is 1. The molecule has 22 heavy (non-hydrogen) atoms. The van der Waals surface area contributed by atoms with Crippen LogP contribution in [-0.4, -0.2) is 5.91 Å². The molecule has 0 aliphatic carbocycles. The number of rotatable bonds is 6. The van der Waals surface area contributed by atoms with E-state index in [0.29, 0.717) is 5.92 Å². The number of benzene rings is 2. The van der Waals surface area contributed by atoms with Gasteiger partial charge < -0.3 is 5.32 Å². The molecule has 0 aliphatic heterocycles. The van der Waals surface area contributed by atoms with Gasteiger partial charge in [0, 0.05) is 11.6 Å². The second-order valence-electron chi connectivity index (χ2n) is 6.06. The highest BCUT2D eigenvalue weighted by atomic mass is 16.1. The third-order valence-electron chi connectivity index (χ3n) is 4.01. The Bertz CT molecular complexity index is 604. The van der Waals surface area contributed by atoms with E-state index in [1.165, 1.54) is 11.1 Å². The third kappa shape index (κ3) is 4.45. The molecule has 2 aromatic rings. The number of carbonyl (C=O) groups excluding carboxylic acids is 1. The van der Waals surface area contributed by atoms with E-state index < -0.39 is 0 Å². The van der Waals surface area contributed by atoms with Crippen molar-refractivity contribution in [3.63, 3.8) is 0 Å². The average molecular weight is 295 g/mol. The molecular weight excluding hydrogens is 270 g/mol. The first kappa shape index (κ1) is 16.3. The highest BCUT2D eigenvalue weighted by Crippen LogP contribution is 2.20. The van der Waals surface area contributed by atoms with Crippen LogP contribution in [0.3, 0.4) is 0 Å². The molecule has 0 saturated carbocycles. The van der Waals surface area contributed by atoms with Crippen LogP contribution in [0.4, 0.5) is 5.69 Å². The molecule has 0 saturated heterocycles. The summed E-state index contributed by atoms with van der Waals surface area (Å²) in [5.41, 5.74) is 3.34. The smallest absolute Gasteiger partial charge is 0.227 e. The third-order valence-corrected chi connectivity index (χ3v) is 4.01. The predicted octanol–water partition coefficient (Wildman–Crippen LogP) is 5.02. The molecule has 0 bridgehead atoms. The molecular formula is C20H25NO. The van der Waals surface area contributed by atoms with Crippen molar-refractivity contribution in [3.8, 4) is 0 Å². The summed E-state index contributed by atoms with van der Waals surface area (Å²) in [7, 11) is 0. The predicted molar refractivity (Wildman–Crippen MR) is 93.1 cm³/mol. The van der Waals surface area contributed by atoms with Crippen LogP contribution in [0.1, 0.15) is 44.2 Å². The number of hydrogen-bond donors (Lipinski definition) is 1. The highest BCUT2D eigenvalue weighted by Gasteiger charge is 2.17. The maximum atomic E-state index is 12.5. The minimum absolute atomic E-state index is 0.00473. The molecule has 1 atom stereocenters.